The van der Waals surface area contributed by atoms with Crippen molar-refractivity contribution in [2.75, 3.05) is 20.7 Å². The quantitative estimate of drug-likeness (QED) is 0.325. The van der Waals surface area contributed by atoms with E-state index in [1.807, 2.05) is 22.9 Å². The molecule has 0 aliphatic carbocycles. The lowest BCUT2D eigenvalue weighted by atomic mass is 10.0. The highest BCUT2D eigenvalue weighted by molar-refractivity contribution is 14.0. The molecule has 7 nitrogen and oxygen atoms in total. The zero-order valence-electron chi connectivity index (χ0n) is 16.8. The summed E-state index contributed by atoms with van der Waals surface area (Å²) in [5, 5.41) is 12.7. The molecule has 0 saturated heterocycles. The van der Waals surface area contributed by atoms with Gasteiger partial charge in [-0.15, -0.1) is 24.0 Å². The molecule has 1 aromatic heterocycles. The van der Waals surface area contributed by atoms with Gasteiger partial charge >= 0.3 is 0 Å². The van der Waals surface area contributed by atoms with Gasteiger partial charge in [0.15, 0.2) is 11.8 Å². The van der Waals surface area contributed by atoms with E-state index >= 15 is 0 Å². The molecule has 3 rings (SSSR count). The largest absolute Gasteiger partial charge is 0.377 e. The predicted molar refractivity (Wildman–Crippen MR) is 128 cm³/mol. The van der Waals surface area contributed by atoms with Crippen LogP contribution in [0.3, 0.4) is 0 Å². The van der Waals surface area contributed by atoms with E-state index in [0.717, 1.165) is 42.6 Å². The van der Waals surface area contributed by atoms with Gasteiger partial charge in [-0.1, -0.05) is 36.2 Å². The van der Waals surface area contributed by atoms with E-state index < -0.39 is 0 Å². The van der Waals surface area contributed by atoms with Crippen LogP contribution in [0.5, 0.6) is 0 Å². The van der Waals surface area contributed by atoms with Crippen LogP contribution in [0.25, 0.3) is 0 Å². The summed E-state index contributed by atoms with van der Waals surface area (Å²) in [6, 6.07) is 5.81. The van der Waals surface area contributed by atoms with Crippen molar-refractivity contribution in [3.8, 4) is 0 Å². The summed E-state index contributed by atoms with van der Waals surface area (Å²) >= 11 is 12.6. The van der Waals surface area contributed by atoms with Crippen LogP contribution in [-0.4, -0.2) is 47.5 Å². The first kappa shape index (κ1) is 24.2. The number of aryl methyl sites for hydroxylation is 1. The van der Waals surface area contributed by atoms with Crippen molar-refractivity contribution < 1.29 is 4.74 Å². The average Bonchev–Trinajstić information content (AvgIpc) is 3.07. The molecular weight excluding hydrogens is 526 g/mol. The SMILES string of the molecule is CN=C(NCC(C)c1c(Cl)cccc1Cl)NC1CCc2nc(COC)nn2C1.I. The van der Waals surface area contributed by atoms with Crippen LogP contribution >= 0.6 is 47.2 Å². The Balaban J connectivity index is 0.00000300. The second-order valence-electron chi connectivity index (χ2n) is 6.93. The second kappa shape index (κ2) is 11.3. The van der Waals surface area contributed by atoms with Crippen LogP contribution < -0.4 is 10.6 Å². The molecule has 160 valence electrons. The molecule has 1 aliphatic heterocycles. The normalized spacial score (nSPS) is 17.3. The van der Waals surface area contributed by atoms with Crippen LogP contribution in [-0.2, 0) is 24.3 Å². The fourth-order valence-corrected chi connectivity index (χ4v) is 4.16. The number of fused-ring (bicyclic) bond motifs is 1. The lowest BCUT2D eigenvalue weighted by molar-refractivity contribution is 0.177. The van der Waals surface area contributed by atoms with Gasteiger partial charge in [0.2, 0.25) is 0 Å². The minimum atomic E-state index is 0. The Morgan fingerprint density at radius 2 is 2.10 bits per heavy atom. The summed E-state index contributed by atoms with van der Waals surface area (Å²) in [6.07, 6.45) is 1.84. The van der Waals surface area contributed by atoms with E-state index in [2.05, 4.69) is 32.6 Å². The van der Waals surface area contributed by atoms with Crippen LogP contribution in [0, 0.1) is 0 Å². The Morgan fingerprint density at radius 1 is 1.38 bits per heavy atom. The van der Waals surface area contributed by atoms with Gasteiger partial charge in [-0.3, -0.25) is 4.99 Å². The minimum absolute atomic E-state index is 0. The first-order valence-corrected chi connectivity index (χ1v) is 10.1. The summed E-state index contributed by atoms with van der Waals surface area (Å²) in [4.78, 5) is 8.86. The van der Waals surface area contributed by atoms with Gasteiger partial charge in [0.05, 0.1) is 6.54 Å². The zero-order chi connectivity index (χ0) is 20.1. The highest BCUT2D eigenvalue weighted by Gasteiger charge is 2.22. The third-order valence-electron chi connectivity index (χ3n) is 4.81. The van der Waals surface area contributed by atoms with E-state index in [-0.39, 0.29) is 35.9 Å². The van der Waals surface area contributed by atoms with Crippen LogP contribution in [0.15, 0.2) is 23.2 Å². The Labute approximate surface area is 198 Å². The fraction of sp³-hybridized carbons (Fsp3) is 0.526. The maximum absolute atomic E-state index is 6.32. The molecule has 29 heavy (non-hydrogen) atoms. The molecule has 2 aromatic rings. The lowest BCUT2D eigenvalue weighted by Gasteiger charge is -2.26. The molecule has 2 N–H and O–H groups in total. The lowest BCUT2D eigenvalue weighted by Crippen LogP contribution is -2.47. The van der Waals surface area contributed by atoms with Crippen molar-refractivity contribution >= 4 is 53.1 Å². The monoisotopic (exact) mass is 552 g/mol. The average molecular weight is 553 g/mol. The number of aromatic nitrogens is 3. The number of aliphatic imine (C=N–C) groups is 1. The van der Waals surface area contributed by atoms with E-state index in [1.54, 1.807) is 14.2 Å². The van der Waals surface area contributed by atoms with Crippen molar-refractivity contribution in [3.05, 3.63) is 45.5 Å². The smallest absolute Gasteiger partial charge is 0.191 e. The Kier molecular flexibility index (Phi) is 9.45. The number of benzene rings is 1. The van der Waals surface area contributed by atoms with E-state index in [9.17, 15) is 0 Å². The first-order chi connectivity index (χ1) is 13.5. The standard InChI is InChI=1S/C19H26Cl2N6O.HI/c1-12(18-14(20)5-4-6-15(18)21)9-23-19(22-2)24-13-7-8-17-25-16(11-28-3)26-27(17)10-13;/h4-6,12-13H,7-11H2,1-3H3,(H2,22,23,24);1H. The van der Waals surface area contributed by atoms with Crippen molar-refractivity contribution in [2.24, 2.45) is 4.99 Å². The molecule has 1 aliphatic rings. The molecule has 10 heteroatoms. The first-order valence-electron chi connectivity index (χ1n) is 9.34. The van der Waals surface area contributed by atoms with Crippen LogP contribution in [0.2, 0.25) is 10.0 Å². The molecule has 2 heterocycles. The minimum Gasteiger partial charge on any atom is -0.377 e. The van der Waals surface area contributed by atoms with E-state index in [0.29, 0.717) is 23.2 Å². The topological polar surface area (TPSA) is 76.4 Å². The maximum Gasteiger partial charge on any atom is 0.191 e. The number of rotatable bonds is 6. The molecule has 0 fully saturated rings. The molecule has 0 amide bonds. The summed E-state index contributed by atoms with van der Waals surface area (Å²) in [7, 11) is 3.42. The number of nitrogens with zero attached hydrogens (tertiary/aromatic N) is 4. The Morgan fingerprint density at radius 3 is 2.76 bits per heavy atom. The number of ether oxygens (including phenoxy) is 1. The summed E-state index contributed by atoms with van der Waals surface area (Å²) in [6.45, 7) is 3.94. The number of nitrogens with one attached hydrogen (secondary N) is 2. The molecular formula is C19H27Cl2IN6O. The van der Waals surface area contributed by atoms with Crippen LogP contribution in [0.1, 0.15) is 36.5 Å². The highest BCUT2D eigenvalue weighted by Crippen LogP contribution is 2.30. The molecule has 0 bridgehead atoms. The third-order valence-corrected chi connectivity index (χ3v) is 5.47. The Bertz CT molecular complexity index is 824. The molecule has 0 spiro atoms. The van der Waals surface area contributed by atoms with Gasteiger partial charge in [-0.25, -0.2) is 9.67 Å². The third kappa shape index (κ3) is 6.19. The summed E-state index contributed by atoms with van der Waals surface area (Å²) < 4.78 is 7.07. The van der Waals surface area contributed by atoms with Crippen molar-refractivity contribution in [1.29, 1.82) is 0 Å². The van der Waals surface area contributed by atoms with Gasteiger partial charge < -0.3 is 15.4 Å². The fourth-order valence-electron chi connectivity index (χ4n) is 3.39. The molecule has 0 radical (unpaired) electrons. The number of halogens is 3. The van der Waals surface area contributed by atoms with Gasteiger partial charge in [-0.2, -0.15) is 5.10 Å². The van der Waals surface area contributed by atoms with Crippen LogP contribution in [0.4, 0.5) is 0 Å². The molecule has 2 atom stereocenters. The number of guanidine groups is 1. The second-order valence-corrected chi connectivity index (χ2v) is 7.74. The molecule has 1 aromatic carbocycles. The van der Waals surface area contributed by atoms with Gasteiger partial charge in [0.1, 0.15) is 12.4 Å². The van der Waals surface area contributed by atoms with Gasteiger partial charge in [-0.05, 0) is 24.1 Å². The predicted octanol–water partition coefficient (Wildman–Crippen LogP) is 3.63. The Hall–Kier alpha value is -1.10. The maximum atomic E-state index is 6.32. The molecule has 2 unspecified atom stereocenters. The van der Waals surface area contributed by atoms with Gasteiger partial charge in [0.25, 0.3) is 0 Å². The highest BCUT2D eigenvalue weighted by atomic mass is 127. The number of hydrogen-bond acceptors (Lipinski definition) is 4. The summed E-state index contributed by atoms with van der Waals surface area (Å²) in [5.41, 5.74) is 0.949. The summed E-state index contributed by atoms with van der Waals surface area (Å²) in [5.74, 6) is 2.63. The van der Waals surface area contributed by atoms with Crippen molar-refractivity contribution in [1.82, 2.24) is 25.4 Å². The number of methoxy groups -OCH3 is 1. The molecule has 0 saturated carbocycles. The van der Waals surface area contributed by atoms with Crippen molar-refractivity contribution in [2.45, 2.75) is 44.9 Å². The zero-order valence-corrected chi connectivity index (χ0v) is 20.6. The number of hydrogen-bond donors (Lipinski definition) is 2. The van der Waals surface area contributed by atoms with E-state index in [4.69, 9.17) is 27.9 Å². The van der Waals surface area contributed by atoms with E-state index in [1.165, 1.54) is 0 Å². The van der Waals surface area contributed by atoms with Crippen molar-refractivity contribution in [3.63, 3.8) is 0 Å². The van der Waals surface area contributed by atoms with Gasteiger partial charge in [0, 0.05) is 49.1 Å².